The minimum atomic E-state index is 0.781. The van der Waals surface area contributed by atoms with Gasteiger partial charge in [0.05, 0.1) is 11.7 Å². The molecule has 0 fully saturated rings. The van der Waals surface area contributed by atoms with Gasteiger partial charge in [-0.25, -0.2) is 9.97 Å². The fourth-order valence-corrected chi connectivity index (χ4v) is 2.43. The van der Waals surface area contributed by atoms with Crippen LogP contribution in [0.4, 0.5) is 0 Å². The molecule has 0 amide bonds. The van der Waals surface area contributed by atoms with E-state index in [-0.39, 0.29) is 0 Å². The maximum atomic E-state index is 4.48. The number of nitrogens with zero attached hydrogens (tertiary/aromatic N) is 3. The first kappa shape index (κ1) is 12.8. The quantitative estimate of drug-likeness (QED) is 0.537. The van der Waals surface area contributed by atoms with Gasteiger partial charge in [0.25, 0.3) is 0 Å². The highest BCUT2D eigenvalue weighted by Gasteiger charge is 1.99. The van der Waals surface area contributed by atoms with Crippen molar-refractivity contribution in [2.24, 2.45) is 0 Å². The Hall–Kier alpha value is -2.20. The predicted octanol–water partition coefficient (Wildman–Crippen LogP) is 3.83. The van der Waals surface area contributed by atoms with Gasteiger partial charge < -0.3 is 0 Å². The van der Waals surface area contributed by atoms with Gasteiger partial charge in [-0.15, -0.1) is 0 Å². The third kappa shape index (κ3) is 3.22. The number of aromatic nitrogens is 3. The fourth-order valence-electron chi connectivity index (χ4n) is 1.80. The van der Waals surface area contributed by atoms with Gasteiger partial charge in [-0.05, 0) is 11.6 Å². The Labute approximate surface area is 121 Å². The van der Waals surface area contributed by atoms with Gasteiger partial charge in [0.2, 0.25) is 0 Å². The molecular formula is C16H13N3S. The number of benzene rings is 1. The molecule has 2 aromatic heterocycles. The summed E-state index contributed by atoms with van der Waals surface area (Å²) in [6.45, 7) is 0. The molecule has 0 N–H and O–H groups in total. The van der Waals surface area contributed by atoms with Crippen LogP contribution in [0.5, 0.6) is 0 Å². The van der Waals surface area contributed by atoms with Crippen molar-refractivity contribution in [3.8, 4) is 0 Å². The van der Waals surface area contributed by atoms with Crippen molar-refractivity contribution in [1.29, 1.82) is 0 Å². The normalized spacial score (nSPS) is 11.2. The number of pyridine rings is 1. The maximum Gasteiger partial charge on any atom is 0.188 e. The fraction of sp³-hybridized carbons (Fsp3) is 0.0625. The topological polar surface area (TPSA) is 38.7 Å². The summed E-state index contributed by atoms with van der Waals surface area (Å²) in [5.74, 6) is 0.848. The van der Waals surface area contributed by atoms with Crippen molar-refractivity contribution in [2.75, 3.05) is 5.75 Å². The maximum absolute atomic E-state index is 4.48. The average molecular weight is 279 g/mol. The van der Waals surface area contributed by atoms with Crippen molar-refractivity contribution in [2.45, 2.75) is 5.16 Å². The van der Waals surface area contributed by atoms with Crippen LogP contribution < -0.4 is 0 Å². The summed E-state index contributed by atoms with van der Waals surface area (Å²) in [6, 6.07) is 12.2. The van der Waals surface area contributed by atoms with Gasteiger partial charge >= 0.3 is 0 Å². The zero-order valence-corrected chi connectivity index (χ0v) is 11.6. The smallest absolute Gasteiger partial charge is 0.188 e. The van der Waals surface area contributed by atoms with Gasteiger partial charge in [-0.1, -0.05) is 54.2 Å². The molecule has 2 heterocycles. The van der Waals surface area contributed by atoms with Gasteiger partial charge in [-0.3, -0.25) is 4.98 Å². The van der Waals surface area contributed by atoms with Crippen LogP contribution in [-0.4, -0.2) is 20.7 Å². The first-order valence-corrected chi connectivity index (χ1v) is 7.31. The third-order valence-corrected chi connectivity index (χ3v) is 3.60. The Balaban J connectivity index is 1.64. The Kier molecular flexibility index (Phi) is 4.04. The lowest BCUT2D eigenvalue weighted by Crippen LogP contribution is -1.88. The second kappa shape index (κ2) is 6.30. The molecule has 1 aromatic carbocycles. The van der Waals surface area contributed by atoms with Gasteiger partial charge in [0.1, 0.15) is 0 Å². The van der Waals surface area contributed by atoms with Crippen molar-refractivity contribution in [3.05, 3.63) is 66.6 Å². The van der Waals surface area contributed by atoms with E-state index in [4.69, 9.17) is 0 Å². The SMILES string of the molecule is C(=Cc1ccccc1)CSc1ncc2ccncc2n1. The molecule has 0 atom stereocenters. The van der Waals surface area contributed by atoms with Crippen molar-refractivity contribution < 1.29 is 0 Å². The molecule has 0 saturated carbocycles. The molecule has 3 nitrogen and oxygen atoms in total. The highest BCUT2D eigenvalue weighted by molar-refractivity contribution is 7.99. The average Bonchev–Trinajstić information content (AvgIpc) is 2.52. The van der Waals surface area contributed by atoms with E-state index in [1.807, 2.05) is 30.5 Å². The molecule has 98 valence electrons. The highest BCUT2D eigenvalue weighted by Crippen LogP contribution is 2.16. The molecular weight excluding hydrogens is 266 g/mol. The van der Waals surface area contributed by atoms with E-state index >= 15 is 0 Å². The molecule has 0 saturated heterocycles. The second-order valence-corrected chi connectivity index (χ2v) is 5.20. The highest BCUT2D eigenvalue weighted by atomic mass is 32.2. The minimum absolute atomic E-state index is 0.781. The Morgan fingerprint density at radius 3 is 2.85 bits per heavy atom. The Morgan fingerprint density at radius 2 is 1.95 bits per heavy atom. The number of hydrogen-bond donors (Lipinski definition) is 0. The molecule has 3 rings (SSSR count). The zero-order chi connectivity index (χ0) is 13.6. The summed E-state index contributed by atoms with van der Waals surface area (Å²) in [7, 11) is 0. The zero-order valence-electron chi connectivity index (χ0n) is 10.8. The van der Waals surface area contributed by atoms with E-state index in [0.717, 1.165) is 21.8 Å². The number of fused-ring (bicyclic) bond motifs is 1. The van der Waals surface area contributed by atoms with Crippen LogP contribution in [0.2, 0.25) is 0 Å². The van der Waals surface area contributed by atoms with E-state index < -0.39 is 0 Å². The van der Waals surface area contributed by atoms with Crippen LogP contribution in [0.1, 0.15) is 5.56 Å². The second-order valence-electron chi connectivity index (χ2n) is 4.21. The molecule has 0 radical (unpaired) electrons. The van der Waals surface area contributed by atoms with Crippen LogP contribution in [0.25, 0.3) is 17.0 Å². The molecule has 0 bridgehead atoms. The lowest BCUT2D eigenvalue weighted by atomic mass is 10.2. The summed E-state index contributed by atoms with van der Waals surface area (Å²) in [5.41, 5.74) is 2.09. The molecule has 0 aliphatic heterocycles. The molecule has 4 heteroatoms. The number of hydrogen-bond acceptors (Lipinski definition) is 4. The Bertz CT molecular complexity index is 726. The van der Waals surface area contributed by atoms with Crippen LogP contribution in [-0.2, 0) is 0 Å². The number of rotatable bonds is 4. The first-order chi connectivity index (χ1) is 9.92. The van der Waals surface area contributed by atoms with Gasteiger partial charge in [0.15, 0.2) is 5.16 Å². The first-order valence-electron chi connectivity index (χ1n) is 6.33. The van der Waals surface area contributed by atoms with E-state index in [0.29, 0.717) is 0 Å². The van der Waals surface area contributed by atoms with Crippen molar-refractivity contribution in [3.63, 3.8) is 0 Å². The van der Waals surface area contributed by atoms with Gasteiger partial charge in [0, 0.05) is 23.5 Å². The molecule has 0 spiro atoms. The van der Waals surface area contributed by atoms with Crippen LogP contribution in [0.15, 0.2) is 66.2 Å². The minimum Gasteiger partial charge on any atom is -0.262 e. The lowest BCUT2D eigenvalue weighted by molar-refractivity contribution is 1.00. The van der Waals surface area contributed by atoms with E-state index in [2.05, 4.69) is 39.2 Å². The lowest BCUT2D eigenvalue weighted by Gasteiger charge is -1.99. The Morgan fingerprint density at radius 1 is 1.05 bits per heavy atom. The molecule has 0 aliphatic carbocycles. The monoisotopic (exact) mass is 279 g/mol. The van der Waals surface area contributed by atoms with E-state index in [9.17, 15) is 0 Å². The molecule has 20 heavy (non-hydrogen) atoms. The summed E-state index contributed by atoms with van der Waals surface area (Å²) >= 11 is 1.62. The molecule has 0 unspecified atom stereocenters. The van der Waals surface area contributed by atoms with E-state index in [1.54, 1.807) is 24.2 Å². The molecule has 0 aliphatic rings. The largest absolute Gasteiger partial charge is 0.262 e. The van der Waals surface area contributed by atoms with Gasteiger partial charge in [-0.2, -0.15) is 0 Å². The standard InChI is InChI=1S/C16H13N3S/c1-2-5-13(6-3-1)7-4-10-20-16-18-11-14-8-9-17-12-15(14)19-16/h1-9,11-12H,10H2. The van der Waals surface area contributed by atoms with E-state index in [1.165, 1.54) is 5.56 Å². The summed E-state index contributed by atoms with van der Waals surface area (Å²) in [6.07, 6.45) is 9.58. The van der Waals surface area contributed by atoms with Crippen LogP contribution in [0, 0.1) is 0 Å². The van der Waals surface area contributed by atoms with Crippen molar-refractivity contribution in [1.82, 2.24) is 15.0 Å². The third-order valence-electron chi connectivity index (χ3n) is 2.78. The summed E-state index contributed by atoms with van der Waals surface area (Å²) in [5, 5.41) is 1.80. The van der Waals surface area contributed by atoms with Crippen molar-refractivity contribution >= 4 is 28.7 Å². The predicted molar refractivity (Wildman–Crippen MR) is 83.5 cm³/mol. The number of thioether (sulfide) groups is 1. The van der Waals surface area contributed by atoms with Crippen LogP contribution >= 0.6 is 11.8 Å². The molecule has 3 aromatic rings. The van der Waals surface area contributed by atoms with Crippen LogP contribution in [0.3, 0.4) is 0 Å². The summed E-state index contributed by atoms with van der Waals surface area (Å²) in [4.78, 5) is 12.9. The summed E-state index contributed by atoms with van der Waals surface area (Å²) < 4.78 is 0.